The zero-order valence-corrected chi connectivity index (χ0v) is 14.1. The molecule has 0 aliphatic heterocycles. The van der Waals surface area contributed by atoms with E-state index in [0.29, 0.717) is 18.7 Å². The van der Waals surface area contributed by atoms with E-state index in [-0.39, 0.29) is 11.4 Å². The number of hydrogen-bond donors (Lipinski definition) is 1. The molecule has 5 nitrogen and oxygen atoms in total. The van der Waals surface area contributed by atoms with Crippen molar-refractivity contribution in [1.29, 1.82) is 0 Å². The van der Waals surface area contributed by atoms with Gasteiger partial charge < -0.3 is 15.0 Å². The molecule has 1 aromatic rings. The Morgan fingerprint density at radius 2 is 2.09 bits per heavy atom. The Morgan fingerprint density at radius 3 is 2.74 bits per heavy atom. The Hall–Kier alpha value is -1.62. The van der Waals surface area contributed by atoms with E-state index in [1.165, 1.54) is 25.7 Å². The number of carbonyl (C=O) groups excluding carboxylic acids is 1. The molecule has 1 spiro atoms. The molecule has 1 heterocycles. The fraction of sp³-hybridized carbons (Fsp3) is 0.667. The van der Waals surface area contributed by atoms with Crippen LogP contribution in [0, 0.1) is 5.41 Å². The van der Waals surface area contributed by atoms with Crippen molar-refractivity contribution in [2.75, 3.05) is 13.7 Å². The first-order chi connectivity index (χ1) is 11.2. The normalized spacial score (nSPS) is 25.1. The molecule has 2 aliphatic rings. The van der Waals surface area contributed by atoms with Gasteiger partial charge in [-0.2, -0.15) is 0 Å². The lowest BCUT2D eigenvalue weighted by molar-refractivity contribution is -0.151. The largest absolute Gasteiger partial charge is 0.378 e. The molecule has 2 saturated carbocycles. The topological polar surface area (TPSA) is 54.5 Å². The van der Waals surface area contributed by atoms with Gasteiger partial charge in [0.25, 0.3) is 0 Å². The number of hydrogen-bond acceptors (Lipinski definition) is 3. The number of ether oxygens (including phenoxy) is 1. The summed E-state index contributed by atoms with van der Waals surface area (Å²) in [6, 6.07) is 4.16. The molecule has 1 N–H and O–H groups in total. The number of urea groups is 1. The molecule has 2 fully saturated rings. The first-order valence-corrected chi connectivity index (χ1v) is 8.68. The van der Waals surface area contributed by atoms with E-state index in [9.17, 15) is 4.79 Å². The van der Waals surface area contributed by atoms with Gasteiger partial charge in [0, 0.05) is 44.0 Å². The van der Waals surface area contributed by atoms with Gasteiger partial charge in [0.05, 0.1) is 6.10 Å². The minimum absolute atomic E-state index is 0.00744. The van der Waals surface area contributed by atoms with Crippen molar-refractivity contribution in [3.8, 4) is 0 Å². The Labute approximate surface area is 138 Å². The van der Waals surface area contributed by atoms with Crippen LogP contribution in [0.5, 0.6) is 0 Å². The fourth-order valence-corrected chi connectivity index (χ4v) is 4.34. The smallest absolute Gasteiger partial charge is 0.317 e. The highest BCUT2D eigenvalue weighted by Crippen LogP contribution is 2.56. The third-order valence-corrected chi connectivity index (χ3v) is 5.63. The van der Waals surface area contributed by atoms with Crippen molar-refractivity contribution in [2.45, 2.75) is 57.7 Å². The molecule has 0 aromatic carbocycles. The zero-order valence-electron chi connectivity index (χ0n) is 14.1. The van der Waals surface area contributed by atoms with E-state index in [0.717, 1.165) is 18.6 Å². The summed E-state index contributed by atoms with van der Waals surface area (Å²) in [5.74, 6) is 0. The van der Waals surface area contributed by atoms with E-state index in [2.05, 4.69) is 17.2 Å². The Kier molecular flexibility index (Phi) is 4.85. The molecule has 2 amide bonds. The second kappa shape index (κ2) is 6.87. The highest BCUT2D eigenvalue weighted by Gasteiger charge is 2.58. The predicted octanol–water partition coefficient (Wildman–Crippen LogP) is 2.96. The van der Waals surface area contributed by atoms with Gasteiger partial charge in [0.1, 0.15) is 0 Å². The van der Waals surface area contributed by atoms with Crippen LogP contribution in [0.2, 0.25) is 0 Å². The van der Waals surface area contributed by atoms with Gasteiger partial charge in [-0.15, -0.1) is 0 Å². The average molecular weight is 317 g/mol. The molecular weight excluding hydrogens is 290 g/mol. The summed E-state index contributed by atoms with van der Waals surface area (Å²) >= 11 is 0. The molecule has 2 aliphatic carbocycles. The van der Waals surface area contributed by atoms with Gasteiger partial charge in [-0.05, 0) is 43.9 Å². The molecule has 3 rings (SSSR count). The quantitative estimate of drug-likeness (QED) is 0.908. The lowest BCUT2D eigenvalue weighted by Gasteiger charge is -2.56. The van der Waals surface area contributed by atoms with Crippen LogP contribution in [0.4, 0.5) is 4.79 Å². The SMILES string of the molecule is CCO[C@@H]1C[C@@H](N(C)C(=O)NCc2ccncc2)C12CCCC2. The van der Waals surface area contributed by atoms with Crippen LogP contribution in [0.15, 0.2) is 24.5 Å². The average Bonchev–Trinajstić information content (AvgIpc) is 3.09. The molecule has 0 unspecified atom stereocenters. The van der Waals surface area contributed by atoms with Crippen molar-refractivity contribution in [1.82, 2.24) is 15.2 Å². The standard InChI is InChI=1S/C18H27N3O2/c1-3-23-16-12-15(18(16)8-4-5-9-18)21(2)17(22)20-13-14-6-10-19-11-7-14/h6-7,10-11,15-16H,3-5,8-9,12-13H2,1-2H3,(H,20,22)/t15-,16-/m1/s1. The van der Waals surface area contributed by atoms with Crippen molar-refractivity contribution in [2.24, 2.45) is 5.41 Å². The monoisotopic (exact) mass is 317 g/mol. The minimum atomic E-state index is 0.00744. The summed E-state index contributed by atoms with van der Waals surface area (Å²) in [6.45, 7) is 3.36. The molecule has 126 valence electrons. The van der Waals surface area contributed by atoms with Gasteiger partial charge in [-0.25, -0.2) is 4.79 Å². The Bertz CT molecular complexity index is 528. The van der Waals surface area contributed by atoms with Gasteiger partial charge in [-0.1, -0.05) is 12.8 Å². The molecule has 23 heavy (non-hydrogen) atoms. The van der Waals surface area contributed by atoms with Crippen molar-refractivity contribution >= 4 is 6.03 Å². The van der Waals surface area contributed by atoms with Crippen molar-refractivity contribution in [3.63, 3.8) is 0 Å². The fourth-order valence-electron chi connectivity index (χ4n) is 4.34. The first kappa shape index (κ1) is 16.2. The van der Waals surface area contributed by atoms with Crippen LogP contribution < -0.4 is 5.32 Å². The molecule has 1 aromatic heterocycles. The molecule has 2 atom stereocenters. The van der Waals surface area contributed by atoms with Crippen LogP contribution in [-0.4, -0.2) is 41.7 Å². The van der Waals surface area contributed by atoms with E-state index in [1.54, 1.807) is 12.4 Å². The summed E-state index contributed by atoms with van der Waals surface area (Å²) in [5, 5.41) is 3.02. The summed E-state index contributed by atoms with van der Waals surface area (Å²) in [6.07, 6.45) is 9.67. The summed E-state index contributed by atoms with van der Waals surface area (Å²) in [7, 11) is 1.93. The molecular formula is C18H27N3O2. The predicted molar refractivity (Wildman–Crippen MR) is 89.0 cm³/mol. The van der Waals surface area contributed by atoms with Gasteiger partial charge in [0.2, 0.25) is 0 Å². The lowest BCUT2D eigenvalue weighted by Crippen LogP contribution is -2.65. The third-order valence-electron chi connectivity index (χ3n) is 5.63. The molecule has 5 heteroatoms. The summed E-state index contributed by atoms with van der Waals surface area (Å²) in [4.78, 5) is 18.4. The van der Waals surface area contributed by atoms with Gasteiger partial charge >= 0.3 is 6.03 Å². The number of aromatic nitrogens is 1. The lowest BCUT2D eigenvalue weighted by atomic mass is 9.60. The molecule has 0 bridgehead atoms. The minimum Gasteiger partial charge on any atom is -0.378 e. The van der Waals surface area contributed by atoms with Gasteiger partial charge in [0.15, 0.2) is 0 Å². The van der Waals surface area contributed by atoms with Crippen LogP contribution in [-0.2, 0) is 11.3 Å². The van der Waals surface area contributed by atoms with E-state index in [4.69, 9.17) is 4.74 Å². The van der Waals surface area contributed by atoms with E-state index >= 15 is 0 Å². The number of nitrogens with zero attached hydrogens (tertiary/aromatic N) is 2. The maximum Gasteiger partial charge on any atom is 0.317 e. The van der Waals surface area contributed by atoms with Crippen LogP contribution >= 0.6 is 0 Å². The molecule has 0 saturated heterocycles. The van der Waals surface area contributed by atoms with Crippen LogP contribution in [0.1, 0.15) is 44.6 Å². The van der Waals surface area contributed by atoms with Crippen LogP contribution in [0.25, 0.3) is 0 Å². The Morgan fingerprint density at radius 1 is 1.39 bits per heavy atom. The molecule has 0 radical (unpaired) electrons. The zero-order chi connectivity index (χ0) is 16.3. The highest BCUT2D eigenvalue weighted by atomic mass is 16.5. The number of nitrogens with one attached hydrogen (secondary N) is 1. The van der Waals surface area contributed by atoms with E-state index < -0.39 is 0 Å². The highest BCUT2D eigenvalue weighted by molar-refractivity contribution is 5.74. The van der Waals surface area contributed by atoms with Crippen LogP contribution in [0.3, 0.4) is 0 Å². The second-order valence-electron chi connectivity index (χ2n) is 6.76. The maximum absolute atomic E-state index is 12.5. The Balaban J connectivity index is 1.59. The third kappa shape index (κ3) is 3.07. The maximum atomic E-state index is 12.5. The number of carbonyl (C=O) groups is 1. The summed E-state index contributed by atoms with van der Waals surface area (Å²) < 4.78 is 5.94. The van der Waals surface area contributed by atoms with Gasteiger partial charge in [-0.3, -0.25) is 4.98 Å². The number of pyridine rings is 1. The van der Waals surface area contributed by atoms with E-state index in [1.807, 2.05) is 24.1 Å². The van der Waals surface area contributed by atoms with Crippen molar-refractivity contribution < 1.29 is 9.53 Å². The summed E-state index contributed by atoms with van der Waals surface area (Å²) in [5.41, 5.74) is 1.26. The number of amides is 2. The second-order valence-corrected chi connectivity index (χ2v) is 6.76. The number of rotatable bonds is 5. The van der Waals surface area contributed by atoms with Crippen molar-refractivity contribution in [3.05, 3.63) is 30.1 Å². The first-order valence-electron chi connectivity index (χ1n) is 8.68.